The second kappa shape index (κ2) is 9.03. The van der Waals surface area contributed by atoms with Gasteiger partial charge in [-0.15, -0.1) is 0 Å². The van der Waals surface area contributed by atoms with Gasteiger partial charge < -0.3 is 15.2 Å². The molecule has 29 heavy (non-hydrogen) atoms. The van der Waals surface area contributed by atoms with Gasteiger partial charge in [0.05, 0.1) is 5.02 Å². The monoisotopic (exact) mass is 411 g/mol. The molecule has 0 heterocycles. The fraction of sp³-hybridized carbons (Fsp3) is 0. The highest BCUT2D eigenvalue weighted by molar-refractivity contribution is 6.32. The molecule has 3 rings (SSSR count). The molecule has 1 amide bonds. The number of para-hydroxylation sites is 1. The molecule has 0 fully saturated rings. The van der Waals surface area contributed by atoms with Gasteiger partial charge >= 0.3 is 5.97 Å². The number of halogens is 2. The summed E-state index contributed by atoms with van der Waals surface area (Å²) in [6.07, 6.45) is 1.29. The van der Waals surface area contributed by atoms with Crippen molar-refractivity contribution in [1.82, 2.24) is 5.32 Å². The molecule has 0 aromatic heterocycles. The number of carbonyl (C=O) groups excluding carboxylic acids is 1. The van der Waals surface area contributed by atoms with Crippen LogP contribution in [0.15, 0.2) is 78.5 Å². The Balaban J connectivity index is 1.76. The van der Waals surface area contributed by atoms with Crippen LogP contribution >= 0.6 is 11.6 Å². The number of carbonyl (C=O) groups is 2. The van der Waals surface area contributed by atoms with E-state index in [1.54, 1.807) is 48.5 Å². The third-order valence-corrected chi connectivity index (χ3v) is 4.13. The zero-order valence-electron chi connectivity index (χ0n) is 14.9. The summed E-state index contributed by atoms with van der Waals surface area (Å²) in [6.45, 7) is 0. The molecule has 0 saturated heterocycles. The smallest absolute Gasteiger partial charge is 0.352 e. The van der Waals surface area contributed by atoms with E-state index in [0.717, 1.165) is 6.07 Å². The largest absolute Gasteiger partial charge is 0.477 e. The molecule has 7 heteroatoms. The van der Waals surface area contributed by atoms with Crippen LogP contribution in [-0.4, -0.2) is 17.0 Å². The Kier molecular flexibility index (Phi) is 6.26. The Labute approximate surface area is 171 Å². The molecule has 5 nitrogen and oxygen atoms in total. The van der Waals surface area contributed by atoms with Crippen LogP contribution in [0.2, 0.25) is 5.02 Å². The summed E-state index contributed by atoms with van der Waals surface area (Å²) in [5.74, 6) is -1.64. The number of aliphatic carboxylic acids is 1. The van der Waals surface area contributed by atoms with E-state index in [1.165, 1.54) is 24.3 Å². The molecule has 146 valence electrons. The van der Waals surface area contributed by atoms with Crippen molar-refractivity contribution >= 4 is 29.6 Å². The highest BCUT2D eigenvalue weighted by atomic mass is 35.5. The van der Waals surface area contributed by atoms with E-state index in [-0.39, 0.29) is 11.3 Å². The zero-order chi connectivity index (χ0) is 20.8. The van der Waals surface area contributed by atoms with Gasteiger partial charge in [0.15, 0.2) is 0 Å². The van der Waals surface area contributed by atoms with Gasteiger partial charge in [-0.05, 0) is 54.1 Å². The average Bonchev–Trinajstić information content (AvgIpc) is 2.70. The molecule has 0 radical (unpaired) electrons. The Morgan fingerprint density at radius 3 is 2.38 bits per heavy atom. The minimum atomic E-state index is -1.33. The summed E-state index contributed by atoms with van der Waals surface area (Å²) in [5.41, 5.74) is 0.188. The Bertz CT molecular complexity index is 1080. The highest BCUT2D eigenvalue weighted by Crippen LogP contribution is 2.29. The van der Waals surface area contributed by atoms with Gasteiger partial charge in [0.2, 0.25) is 0 Å². The minimum absolute atomic E-state index is 0.0145. The van der Waals surface area contributed by atoms with E-state index >= 15 is 0 Å². The maximum Gasteiger partial charge on any atom is 0.352 e. The molecular weight excluding hydrogens is 397 g/mol. The SMILES string of the molecule is O=C(O)/C(=C/c1ccc(Oc2ccccc2Cl)cc1)NC(=O)c1cccc(F)c1. The van der Waals surface area contributed by atoms with Gasteiger partial charge in [0.1, 0.15) is 23.0 Å². The second-order valence-electron chi connectivity index (χ2n) is 5.93. The molecular formula is C22H15ClFNO4. The average molecular weight is 412 g/mol. The first-order valence-corrected chi connectivity index (χ1v) is 8.84. The normalized spacial score (nSPS) is 11.0. The third-order valence-electron chi connectivity index (χ3n) is 3.82. The topological polar surface area (TPSA) is 75.6 Å². The van der Waals surface area contributed by atoms with Crippen molar-refractivity contribution in [3.05, 3.63) is 100 Å². The van der Waals surface area contributed by atoms with Crippen molar-refractivity contribution in [3.63, 3.8) is 0 Å². The van der Waals surface area contributed by atoms with Crippen LogP contribution in [-0.2, 0) is 4.79 Å². The first-order chi connectivity index (χ1) is 13.9. The number of ether oxygens (including phenoxy) is 1. The van der Waals surface area contributed by atoms with Gasteiger partial charge in [-0.3, -0.25) is 4.79 Å². The van der Waals surface area contributed by atoms with E-state index in [1.807, 2.05) is 0 Å². The third kappa shape index (κ3) is 5.43. The lowest BCUT2D eigenvalue weighted by atomic mass is 10.1. The number of carboxylic acid groups (broad SMARTS) is 1. The molecule has 0 aliphatic rings. The van der Waals surface area contributed by atoms with E-state index in [2.05, 4.69) is 5.32 Å². The van der Waals surface area contributed by atoms with Crippen LogP contribution < -0.4 is 10.1 Å². The number of hydrogen-bond acceptors (Lipinski definition) is 3. The van der Waals surface area contributed by atoms with Crippen LogP contribution in [0.3, 0.4) is 0 Å². The first-order valence-electron chi connectivity index (χ1n) is 8.47. The quantitative estimate of drug-likeness (QED) is 0.551. The summed E-state index contributed by atoms with van der Waals surface area (Å²) < 4.78 is 18.9. The van der Waals surface area contributed by atoms with Crippen LogP contribution in [0.5, 0.6) is 11.5 Å². The Hall–Kier alpha value is -3.64. The Morgan fingerprint density at radius 2 is 1.72 bits per heavy atom. The molecule has 0 atom stereocenters. The summed E-state index contributed by atoms with van der Waals surface area (Å²) in [7, 11) is 0. The fourth-order valence-electron chi connectivity index (χ4n) is 2.43. The zero-order valence-corrected chi connectivity index (χ0v) is 15.7. The maximum absolute atomic E-state index is 13.3. The molecule has 0 aliphatic heterocycles. The Morgan fingerprint density at radius 1 is 1.00 bits per heavy atom. The predicted molar refractivity (Wildman–Crippen MR) is 107 cm³/mol. The molecule has 0 aliphatic carbocycles. The van der Waals surface area contributed by atoms with Gasteiger partial charge in [-0.1, -0.05) is 41.9 Å². The minimum Gasteiger partial charge on any atom is -0.477 e. The lowest BCUT2D eigenvalue weighted by Gasteiger charge is -2.08. The molecule has 0 saturated carbocycles. The van der Waals surface area contributed by atoms with Gasteiger partial charge in [0.25, 0.3) is 5.91 Å². The molecule has 0 unspecified atom stereocenters. The summed E-state index contributed by atoms with van der Waals surface area (Å²) in [6, 6.07) is 18.5. The highest BCUT2D eigenvalue weighted by Gasteiger charge is 2.14. The van der Waals surface area contributed by atoms with Crippen molar-refractivity contribution in [2.45, 2.75) is 0 Å². The molecule has 3 aromatic rings. The van der Waals surface area contributed by atoms with Crippen molar-refractivity contribution in [2.75, 3.05) is 0 Å². The van der Waals surface area contributed by atoms with Gasteiger partial charge in [-0.2, -0.15) is 0 Å². The van der Waals surface area contributed by atoms with Crippen molar-refractivity contribution in [3.8, 4) is 11.5 Å². The number of carboxylic acids is 1. The summed E-state index contributed by atoms with van der Waals surface area (Å²) in [5, 5.41) is 12.1. The van der Waals surface area contributed by atoms with Crippen molar-refractivity contribution in [1.29, 1.82) is 0 Å². The number of benzene rings is 3. The predicted octanol–water partition coefficient (Wildman–Crippen LogP) is 5.13. The van der Waals surface area contributed by atoms with E-state index in [4.69, 9.17) is 16.3 Å². The van der Waals surface area contributed by atoms with Crippen LogP contribution in [0.1, 0.15) is 15.9 Å². The van der Waals surface area contributed by atoms with Crippen LogP contribution in [0, 0.1) is 5.82 Å². The number of amides is 1. The van der Waals surface area contributed by atoms with E-state index in [0.29, 0.717) is 22.1 Å². The van der Waals surface area contributed by atoms with E-state index in [9.17, 15) is 19.1 Å². The molecule has 3 aromatic carbocycles. The van der Waals surface area contributed by atoms with Crippen molar-refractivity contribution in [2.24, 2.45) is 0 Å². The standard InChI is InChI=1S/C22H15ClFNO4/c23-18-6-1-2-7-20(18)29-17-10-8-14(9-11-17)12-19(22(27)28)25-21(26)15-4-3-5-16(24)13-15/h1-13H,(H,25,26)(H,27,28)/b19-12-. The number of nitrogens with one attached hydrogen (secondary N) is 1. The van der Waals surface area contributed by atoms with Gasteiger partial charge in [0, 0.05) is 5.56 Å². The van der Waals surface area contributed by atoms with Crippen molar-refractivity contribution < 1.29 is 23.8 Å². The molecule has 0 bridgehead atoms. The summed E-state index contributed by atoms with van der Waals surface area (Å²) >= 11 is 6.05. The van der Waals surface area contributed by atoms with Crippen LogP contribution in [0.25, 0.3) is 6.08 Å². The maximum atomic E-state index is 13.3. The number of rotatable bonds is 6. The first kappa shape index (κ1) is 20.1. The number of hydrogen-bond donors (Lipinski definition) is 2. The van der Waals surface area contributed by atoms with E-state index < -0.39 is 17.7 Å². The lowest BCUT2D eigenvalue weighted by Crippen LogP contribution is -2.27. The van der Waals surface area contributed by atoms with Crippen LogP contribution in [0.4, 0.5) is 4.39 Å². The molecule has 0 spiro atoms. The lowest BCUT2D eigenvalue weighted by molar-refractivity contribution is -0.132. The van der Waals surface area contributed by atoms with Gasteiger partial charge in [-0.25, -0.2) is 9.18 Å². The fourth-order valence-corrected chi connectivity index (χ4v) is 2.60. The summed E-state index contributed by atoms with van der Waals surface area (Å²) in [4.78, 5) is 23.7. The second-order valence-corrected chi connectivity index (χ2v) is 6.34. The molecule has 2 N–H and O–H groups in total.